The number of rotatable bonds is 5. The smallest absolute Gasteiger partial charge is 0.332 e. The molecule has 8 heteroatoms. The van der Waals surface area contributed by atoms with Crippen molar-refractivity contribution in [2.24, 2.45) is 13.0 Å². The number of nitrogens with zero attached hydrogens (tertiary/aromatic N) is 4. The second-order valence-corrected chi connectivity index (χ2v) is 6.79. The first kappa shape index (κ1) is 18.9. The molecule has 0 spiro atoms. The minimum Gasteiger partial charge on any atom is -0.357 e. The molecule has 8 nitrogen and oxygen atoms in total. The number of aromatic nitrogens is 3. The highest BCUT2D eigenvalue weighted by Crippen LogP contribution is 2.22. The van der Waals surface area contributed by atoms with Crippen LogP contribution in [0, 0.1) is 5.92 Å². The fraction of sp³-hybridized carbons (Fsp3) is 0.474. The lowest BCUT2D eigenvalue weighted by Gasteiger charge is -2.34. The molecule has 2 aromatic heterocycles. The number of hydrogen-bond acceptors (Lipinski definition) is 5. The molecule has 1 saturated heterocycles. The van der Waals surface area contributed by atoms with Gasteiger partial charge >= 0.3 is 5.69 Å². The lowest BCUT2D eigenvalue weighted by Crippen LogP contribution is -2.47. The monoisotopic (exact) mass is 371 g/mol. The maximum absolute atomic E-state index is 12.6. The molecular weight excluding hydrogens is 346 g/mol. The molecule has 1 aliphatic rings. The van der Waals surface area contributed by atoms with Crippen molar-refractivity contribution >= 4 is 11.7 Å². The van der Waals surface area contributed by atoms with Crippen LogP contribution in [0.1, 0.15) is 25.3 Å². The van der Waals surface area contributed by atoms with Crippen LogP contribution in [0.25, 0.3) is 0 Å². The zero-order valence-electron chi connectivity index (χ0n) is 15.7. The van der Waals surface area contributed by atoms with Gasteiger partial charge in [0.25, 0.3) is 5.56 Å². The Hall–Kier alpha value is -2.90. The summed E-state index contributed by atoms with van der Waals surface area (Å²) in [7, 11) is 1.48. The fourth-order valence-corrected chi connectivity index (χ4v) is 3.45. The number of carbonyl (C=O) groups is 1. The molecule has 3 heterocycles. The van der Waals surface area contributed by atoms with Crippen molar-refractivity contribution < 1.29 is 4.79 Å². The van der Waals surface area contributed by atoms with Crippen LogP contribution in [0.15, 0.2) is 40.2 Å². The Bertz CT molecular complexity index is 919. The number of carbonyl (C=O) groups excluding carboxylic acids is 1. The van der Waals surface area contributed by atoms with Crippen LogP contribution in [0.5, 0.6) is 0 Å². The van der Waals surface area contributed by atoms with Gasteiger partial charge in [0, 0.05) is 51.7 Å². The molecule has 144 valence electrons. The standard InChI is InChI=1S/C19H25N5O3/c1-3-24-16(10-17(25)22(2)19(24)27)23-9-5-7-15(13-23)18(26)21-12-14-6-4-8-20-11-14/h4,6,8,10-11,15H,3,5,7,9,12-13H2,1-2H3,(H,21,26)/t15-/m1/s1. The van der Waals surface area contributed by atoms with Gasteiger partial charge in [0.05, 0.1) is 5.92 Å². The van der Waals surface area contributed by atoms with Gasteiger partial charge in [0.1, 0.15) is 5.82 Å². The Morgan fingerprint density at radius 1 is 1.37 bits per heavy atom. The molecule has 0 aromatic carbocycles. The van der Waals surface area contributed by atoms with E-state index in [9.17, 15) is 14.4 Å². The topological polar surface area (TPSA) is 89.2 Å². The van der Waals surface area contributed by atoms with Gasteiger partial charge in [-0.3, -0.25) is 23.7 Å². The molecule has 27 heavy (non-hydrogen) atoms. The molecule has 1 N–H and O–H groups in total. The molecule has 1 aliphatic heterocycles. The average Bonchev–Trinajstić information content (AvgIpc) is 2.71. The van der Waals surface area contributed by atoms with Crippen LogP contribution in [0.3, 0.4) is 0 Å². The number of piperidine rings is 1. The van der Waals surface area contributed by atoms with E-state index in [1.54, 1.807) is 17.0 Å². The molecule has 1 amide bonds. The molecule has 1 atom stereocenters. The molecule has 3 rings (SSSR count). The molecular formula is C19H25N5O3. The van der Waals surface area contributed by atoms with Crippen molar-refractivity contribution in [1.82, 2.24) is 19.4 Å². The van der Waals surface area contributed by atoms with E-state index in [2.05, 4.69) is 10.3 Å². The predicted molar refractivity (Wildman–Crippen MR) is 103 cm³/mol. The van der Waals surface area contributed by atoms with Crippen molar-refractivity contribution in [3.05, 3.63) is 57.0 Å². The van der Waals surface area contributed by atoms with E-state index in [0.717, 1.165) is 29.5 Å². The highest BCUT2D eigenvalue weighted by molar-refractivity contribution is 5.79. The number of nitrogens with one attached hydrogen (secondary N) is 1. The average molecular weight is 371 g/mol. The van der Waals surface area contributed by atoms with Gasteiger partial charge in [-0.25, -0.2) is 4.79 Å². The fourth-order valence-electron chi connectivity index (χ4n) is 3.45. The Morgan fingerprint density at radius 3 is 2.89 bits per heavy atom. The molecule has 0 bridgehead atoms. The van der Waals surface area contributed by atoms with Gasteiger partial charge in [0.2, 0.25) is 5.91 Å². The van der Waals surface area contributed by atoms with Crippen LogP contribution >= 0.6 is 0 Å². The SMILES string of the molecule is CCn1c(N2CCC[C@@H](C(=O)NCc3cccnc3)C2)cc(=O)n(C)c1=O. The quantitative estimate of drug-likeness (QED) is 0.827. The van der Waals surface area contributed by atoms with Crippen LogP contribution in [0.4, 0.5) is 5.82 Å². The maximum atomic E-state index is 12.6. The summed E-state index contributed by atoms with van der Waals surface area (Å²) in [5.41, 5.74) is 0.288. The molecule has 0 unspecified atom stereocenters. The lowest BCUT2D eigenvalue weighted by molar-refractivity contribution is -0.125. The van der Waals surface area contributed by atoms with Crippen LogP contribution in [-0.2, 0) is 24.9 Å². The summed E-state index contributed by atoms with van der Waals surface area (Å²) in [6.45, 7) is 3.99. The van der Waals surface area contributed by atoms with E-state index in [0.29, 0.717) is 25.5 Å². The van der Waals surface area contributed by atoms with Crippen molar-refractivity contribution in [3.63, 3.8) is 0 Å². The number of amides is 1. The molecule has 0 aliphatic carbocycles. The Morgan fingerprint density at radius 2 is 2.19 bits per heavy atom. The van der Waals surface area contributed by atoms with Crippen molar-refractivity contribution in [3.8, 4) is 0 Å². The summed E-state index contributed by atoms with van der Waals surface area (Å²) < 4.78 is 2.69. The van der Waals surface area contributed by atoms with Crippen molar-refractivity contribution in [2.75, 3.05) is 18.0 Å². The number of anilines is 1. The van der Waals surface area contributed by atoms with E-state index in [1.165, 1.54) is 13.1 Å². The van der Waals surface area contributed by atoms with E-state index < -0.39 is 0 Å². The first-order valence-corrected chi connectivity index (χ1v) is 9.23. The van der Waals surface area contributed by atoms with E-state index in [4.69, 9.17) is 0 Å². The zero-order valence-corrected chi connectivity index (χ0v) is 15.7. The molecule has 1 fully saturated rings. The van der Waals surface area contributed by atoms with E-state index >= 15 is 0 Å². The Kier molecular flexibility index (Phi) is 5.73. The Balaban J connectivity index is 1.74. The Labute approximate surface area is 157 Å². The third-order valence-electron chi connectivity index (χ3n) is 5.00. The third kappa shape index (κ3) is 4.10. The van der Waals surface area contributed by atoms with Crippen LogP contribution < -0.4 is 21.5 Å². The minimum absolute atomic E-state index is 0.0159. The first-order valence-electron chi connectivity index (χ1n) is 9.23. The van der Waals surface area contributed by atoms with Crippen LogP contribution in [-0.4, -0.2) is 33.1 Å². The largest absolute Gasteiger partial charge is 0.357 e. The van der Waals surface area contributed by atoms with Gasteiger partial charge in [-0.05, 0) is 31.4 Å². The number of hydrogen-bond donors (Lipinski definition) is 1. The normalized spacial score (nSPS) is 17.0. The van der Waals surface area contributed by atoms with E-state index in [-0.39, 0.29) is 23.1 Å². The third-order valence-corrected chi connectivity index (χ3v) is 5.00. The van der Waals surface area contributed by atoms with Gasteiger partial charge in [-0.15, -0.1) is 0 Å². The summed E-state index contributed by atoms with van der Waals surface area (Å²) in [5.74, 6) is 0.396. The van der Waals surface area contributed by atoms with Gasteiger partial charge in [0.15, 0.2) is 0 Å². The van der Waals surface area contributed by atoms with Gasteiger partial charge < -0.3 is 10.2 Å². The zero-order chi connectivity index (χ0) is 19.4. The lowest BCUT2D eigenvalue weighted by atomic mass is 9.97. The minimum atomic E-state index is -0.331. The summed E-state index contributed by atoms with van der Waals surface area (Å²) >= 11 is 0. The molecule has 0 saturated carbocycles. The highest BCUT2D eigenvalue weighted by atomic mass is 16.2. The second-order valence-electron chi connectivity index (χ2n) is 6.79. The predicted octanol–water partition coefficient (Wildman–Crippen LogP) is 0.495. The van der Waals surface area contributed by atoms with Crippen molar-refractivity contribution in [1.29, 1.82) is 0 Å². The second kappa shape index (κ2) is 8.20. The van der Waals surface area contributed by atoms with Crippen molar-refractivity contribution in [2.45, 2.75) is 32.9 Å². The summed E-state index contributed by atoms with van der Waals surface area (Å²) in [6.07, 6.45) is 5.05. The van der Waals surface area contributed by atoms with Gasteiger partial charge in [-0.1, -0.05) is 6.07 Å². The highest BCUT2D eigenvalue weighted by Gasteiger charge is 2.27. The number of pyridine rings is 1. The summed E-state index contributed by atoms with van der Waals surface area (Å²) in [6, 6.07) is 5.24. The molecule has 2 aromatic rings. The maximum Gasteiger partial charge on any atom is 0.332 e. The first-order chi connectivity index (χ1) is 13.0. The molecule has 0 radical (unpaired) electrons. The van der Waals surface area contributed by atoms with E-state index in [1.807, 2.05) is 24.0 Å². The summed E-state index contributed by atoms with van der Waals surface area (Å²) in [5, 5.41) is 2.96. The van der Waals surface area contributed by atoms with Crippen LogP contribution in [0.2, 0.25) is 0 Å². The summed E-state index contributed by atoms with van der Waals surface area (Å²) in [4.78, 5) is 43.1. The van der Waals surface area contributed by atoms with Gasteiger partial charge in [-0.2, -0.15) is 0 Å².